The minimum absolute atomic E-state index is 0.0106. The van der Waals surface area contributed by atoms with E-state index in [1.54, 1.807) is 0 Å². The van der Waals surface area contributed by atoms with Crippen molar-refractivity contribution in [3.63, 3.8) is 0 Å². The topological polar surface area (TPSA) is 72.5 Å². The summed E-state index contributed by atoms with van der Waals surface area (Å²) in [4.78, 5) is 11.7. The first-order valence-electron chi connectivity index (χ1n) is 6.63. The van der Waals surface area contributed by atoms with Crippen LogP contribution in [-0.4, -0.2) is 45.1 Å². The van der Waals surface area contributed by atoms with Crippen LogP contribution in [0.5, 0.6) is 0 Å². The summed E-state index contributed by atoms with van der Waals surface area (Å²) in [6, 6.07) is -0.169. The van der Waals surface area contributed by atoms with Gasteiger partial charge in [0, 0.05) is 25.7 Å². The highest BCUT2D eigenvalue weighted by molar-refractivity contribution is 7.91. The van der Waals surface area contributed by atoms with Gasteiger partial charge in [0.25, 0.3) is 0 Å². The van der Waals surface area contributed by atoms with Gasteiger partial charge >= 0.3 is 0 Å². The average Bonchev–Trinajstić information content (AvgIpc) is 2.67. The number of amides is 1. The molecule has 0 radical (unpaired) electrons. The Balaban J connectivity index is 1.66. The Morgan fingerprint density at radius 3 is 2.56 bits per heavy atom. The van der Waals surface area contributed by atoms with E-state index in [1.807, 2.05) is 0 Å². The van der Waals surface area contributed by atoms with E-state index in [-0.39, 0.29) is 23.5 Å². The van der Waals surface area contributed by atoms with Crippen LogP contribution in [-0.2, 0) is 19.4 Å². The lowest BCUT2D eigenvalue weighted by molar-refractivity contribution is -0.122. The van der Waals surface area contributed by atoms with Crippen LogP contribution < -0.4 is 5.32 Å². The van der Waals surface area contributed by atoms with Crippen LogP contribution >= 0.6 is 0 Å². The number of carbonyl (C=O) groups excluding carboxylic acids is 1. The molecule has 0 aliphatic carbocycles. The number of carbonyl (C=O) groups is 1. The van der Waals surface area contributed by atoms with Gasteiger partial charge in [-0.3, -0.25) is 4.79 Å². The molecular formula is C12H21NO4S. The van der Waals surface area contributed by atoms with Crippen molar-refractivity contribution < 1.29 is 17.9 Å². The molecule has 1 unspecified atom stereocenters. The van der Waals surface area contributed by atoms with Crippen LogP contribution in [0.25, 0.3) is 0 Å². The Kier molecular flexibility index (Phi) is 4.61. The molecule has 0 saturated carbocycles. The Hall–Kier alpha value is -0.620. The third-order valence-corrected chi connectivity index (χ3v) is 5.49. The molecule has 2 aliphatic heterocycles. The van der Waals surface area contributed by atoms with Crippen molar-refractivity contribution in [1.82, 2.24) is 5.32 Å². The first kappa shape index (κ1) is 13.8. The van der Waals surface area contributed by atoms with Gasteiger partial charge in [-0.2, -0.15) is 0 Å². The number of nitrogens with one attached hydrogen (secondary N) is 1. The van der Waals surface area contributed by atoms with Crippen molar-refractivity contribution in [3.05, 3.63) is 0 Å². The second kappa shape index (κ2) is 6.02. The molecule has 18 heavy (non-hydrogen) atoms. The van der Waals surface area contributed by atoms with E-state index in [9.17, 15) is 13.2 Å². The molecule has 6 heteroatoms. The lowest BCUT2D eigenvalue weighted by Gasteiger charge is -2.21. The van der Waals surface area contributed by atoms with Crippen LogP contribution in [0.15, 0.2) is 0 Å². The van der Waals surface area contributed by atoms with Crippen molar-refractivity contribution in [1.29, 1.82) is 0 Å². The minimum Gasteiger partial charge on any atom is -0.381 e. The number of sulfone groups is 1. The quantitative estimate of drug-likeness (QED) is 0.811. The van der Waals surface area contributed by atoms with Crippen molar-refractivity contribution >= 4 is 15.7 Å². The van der Waals surface area contributed by atoms with Crippen molar-refractivity contribution in [2.45, 2.75) is 38.1 Å². The van der Waals surface area contributed by atoms with Crippen molar-refractivity contribution in [3.8, 4) is 0 Å². The number of hydrogen-bond donors (Lipinski definition) is 1. The van der Waals surface area contributed by atoms with E-state index >= 15 is 0 Å². The molecule has 2 saturated heterocycles. The molecule has 0 bridgehead atoms. The van der Waals surface area contributed by atoms with Gasteiger partial charge in [-0.15, -0.1) is 0 Å². The van der Waals surface area contributed by atoms with Crippen LogP contribution in [0.2, 0.25) is 0 Å². The summed E-state index contributed by atoms with van der Waals surface area (Å²) < 4.78 is 27.8. The molecule has 0 aromatic heterocycles. The zero-order valence-electron chi connectivity index (χ0n) is 10.6. The third-order valence-electron chi connectivity index (χ3n) is 3.72. The fraction of sp³-hybridized carbons (Fsp3) is 0.917. The summed E-state index contributed by atoms with van der Waals surface area (Å²) >= 11 is 0. The summed E-state index contributed by atoms with van der Waals surface area (Å²) in [5.74, 6) is 0.883. The smallest absolute Gasteiger partial charge is 0.220 e. The predicted octanol–water partition coefficient (Wildman–Crippen LogP) is 0.497. The monoisotopic (exact) mass is 275 g/mol. The summed E-state index contributed by atoms with van der Waals surface area (Å²) in [5, 5.41) is 2.82. The lowest BCUT2D eigenvalue weighted by Crippen LogP contribution is -2.35. The fourth-order valence-electron chi connectivity index (χ4n) is 2.58. The van der Waals surface area contributed by atoms with Gasteiger partial charge in [0.2, 0.25) is 5.91 Å². The molecular weight excluding hydrogens is 254 g/mol. The summed E-state index contributed by atoms with van der Waals surface area (Å²) in [5.41, 5.74) is 0. The molecule has 2 heterocycles. The molecule has 5 nitrogen and oxygen atoms in total. The molecule has 1 amide bonds. The number of hydrogen-bond acceptors (Lipinski definition) is 4. The summed E-state index contributed by atoms with van der Waals surface area (Å²) in [7, 11) is -2.91. The van der Waals surface area contributed by atoms with Crippen molar-refractivity contribution in [2.24, 2.45) is 5.92 Å². The standard InChI is InChI=1S/C12H21NO4S/c14-12(2-1-10-3-6-17-7-4-10)13-11-5-8-18(15,16)9-11/h10-11H,1-9H2,(H,13,14). The molecule has 0 aromatic carbocycles. The molecule has 2 rings (SSSR count). The zero-order valence-corrected chi connectivity index (χ0v) is 11.4. The highest BCUT2D eigenvalue weighted by atomic mass is 32.2. The SMILES string of the molecule is O=C(CCC1CCOCC1)NC1CCS(=O)(=O)C1. The molecule has 0 spiro atoms. The summed E-state index contributed by atoms with van der Waals surface area (Å²) in [6.07, 6.45) is 4.01. The van der Waals surface area contributed by atoms with E-state index < -0.39 is 9.84 Å². The molecule has 2 aliphatic rings. The van der Waals surface area contributed by atoms with Gasteiger partial charge in [0.1, 0.15) is 0 Å². The van der Waals surface area contributed by atoms with Gasteiger partial charge in [0.05, 0.1) is 11.5 Å². The largest absolute Gasteiger partial charge is 0.381 e. The molecule has 1 N–H and O–H groups in total. The van der Waals surface area contributed by atoms with E-state index in [1.165, 1.54) is 0 Å². The minimum atomic E-state index is -2.91. The summed E-state index contributed by atoms with van der Waals surface area (Å²) in [6.45, 7) is 1.60. The lowest BCUT2D eigenvalue weighted by atomic mass is 9.95. The highest BCUT2D eigenvalue weighted by Gasteiger charge is 2.28. The van der Waals surface area contributed by atoms with Gasteiger partial charge < -0.3 is 10.1 Å². The number of rotatable bonds is 4. The van der Waals surface area contributed by atoms with Gasteiger partial charge in [0.15, 0.2) is 9.84 Å². The molecule has 1 atom stereocenters. The van der Waals surface area contributed by atoms with E-state index in [4.69, 9.17) is 4.74 Å². The van der Waals surface area contributed by atoms with E-state index in [0.29, 0.717) is 18.8 Å². The molecule has 104 valence electrons. The van der Waals surface area contributed by atoms with Gasteiger partial charge in [-0.1, -0.05) is 0 Å². The highest BCUT2D eigenvalue weighted by Crippen LogP contribution is 2.20. The van der Waals surface area contributed by atoms with Crippen LogP contribution in [0.3, 0.4) is 0 Å². The maximum Gasteiger partial charge on any atom is 0.220 e. The first-order valence-corrected chi connectivity index (χ1v) is 8.45. The van der Waals surface area contributed by atoms with Gasteiger partial charge in [-0.25, -0.2) is 8.42 Å². The normalized spacial score (nSPS) is 28.1. The molecule has 2 fully saturated rings. The Bertz CT molecular complexity index is 387. The van der Waals surface area contributed by atoms with Crippen LogP contribution in [0.1, 0.15) is 32.1 Å². The van der Waals surface area contributed by atoms with Crippen molar-refractivity contribution in [2.75, 3.05) is 24.7 Å². The third kappa shape index (κ3) is 4.24. The predicted molar refractivity (Wildman–Crippen MR) is 68.0 cm³/mol. The Morgan fingerprint density at radius 2 is 1.94 bits per heavy atom. The Morgan fingerprint density at radius 1 is 1.22 bits per heavy atom. The average molecular weight is 275 g/mol. The van der Waals surface area contributed by atoms with E-state index in [0.717, 1.165) is 32.5 Å². The van der Waals surface area contributed by atoms with Crippen LogP contribution in [0, 0.1) is 5.92 Å². The Labute approximate surface area is 108 Å². The second-order valence-electron chi connectivity index (χ2n) is 5.26. The zero-order chi connectivity index (χ0) is 13.0. The van der Waals surface area contributed by atoms with Crippen LogP contribution in [0.4, 0.5) is 0 Å². The second-order valence-corrected chi connectivity index (χ2v) is 7.49. The van der Waals surface area contributed by atoms with E-state index in [2.05, 4.69) is 5.32 Å². The fourth-order valence-corrected chi connectivity index (χ4v) is 4.25. The van der Waals surface area contributed by atoms with Gasteiger partial charge in [-0.05, 0) is 31.6 Å². The first-order chi connectivity index (χ1) is 8.55. The molecule has 0 aromatic rings. The maximum absolute atomic E-state index is 11.7. The number of ether oxygens (including phenoxy) is 1. The maximum atomic E-state index is 11.7.